The van der Waals surface area contributed by atoms with Crippen LogP contribution in [0, 0.1) is 11.3 Å². The van der Waals surface area contributed by atoms with Crippen molar-refractivity contribution < 1.29 is 4.79 Å². The molecule has 1 atom stereocenters. The van der Waals surface area contributed by atoms with Crippen molar-refractivity contribution in [1.29, 1.82) is 0 Å². The van der Waals surface area contributed by atoms with Gasteiger partial charge in [0.05, 0.1) is 0 Å². The highest BCUT2D eigenvalue weighted by Gasteiger charge is 2.42. The number of hydrogen-bond donors (Lipinski definition) is 1. The van der Waals surface area contributed by atoms with Crippen molar-refractivity contribution in [2.24, 2.45) is 11.3 Å². The Morgan fingerprint density at radius 1 is 1.30 bits per heavy atom. The molecule has 1 fully saturated rings. The molecule has 0 saturated heterocycles. The van der Waals surface area contributed by atoms with Gasteiger partial charge in [-0.15, -0.1) is 0 Å². The number of amides is 1. The van der Waals surface area contributed by atoms with E-state index in [-0.39, 0.29) is 11.8 Å². The number of alkyl halides is 1. The summed E-state index contributed by atoms with van der Waals surface area (Å²) in [4.78, 5) is 12.4. The third-order valence-electron chi connectivity index (χ3n) is 4.94. The van der Waals surface area contributed by atoms with Crippen molar-refractivity contribution in [3.05, 3.63) is 35.4 Å². The number of carbonyl (C=O) groups excluding carboxylic acids is 1. The Labute approximate surface area is 129 Å². The fraction of sp³-hybridized carbons (Fsp3) is 0.588. The number of fused-ring (bicyclic) bond motifs is 1. The molecule has 3 rings (SSSR count). The van der Waals surface area contributed by atoms with Crippen LogP contribution in [-0.2, 0) is 17.6 Å². The minimum Gasteiger partial charge on any atom is -0.355 e. The second kappa shape index (κ2) is 5.88. The maximum absolute atomic E-state index is 12.4. The smallest absolute Gasteiger partial charge is 0.223 e. The summed E-state index contributed by atoms with van der Waals surface area (Å²) in [7, 11) is 0. The van der Waals surface area contributed by atoms with Crippen molar-refractivity contribution in [2.75, 3.05) is 11.9 Å². The summed E-state index contributed by atoms with van der Waals surface area (Å²) >= 11 is 3.51. The van der Waals surface area contributed by atoms with Crippen LogP contribution in [0.1, 0.15) is 36.8 Å². The Morgan fingerprint density at radius 3 is 2.75 bits per heavy atom. The van der Waals surface area contributed by atoms with Crippen molar-refractivity contribution in [3.8, 4) is 0 Å². The van der Waals surface area contributed by atoms with Gasteiger partial charge in [0.2, 0.25) is 5.91 Å². The molecular formula is C17H22BrNO. The molecule has 1 amide bonds. The number of rotatable bonds is 5. The number of aryl methyl sites for hydroxylation is 1. The zero-order chi connectivity index (χ0) is 14.0. The predicted octanol–water partition coefficient (Wildman–Crippen LogP) is 3.47. The van der Waals surface area contributed by atoms with Crippen LogP contribution in [0.3, 0.4) is 0 Å². The zero-order valence-corrected chi connectivity index (χ0v) is 13.4. The average molecular weight is 336 g/mol. The highest BCUT2D eigenvalue weighted by Crippen LogP contribution is 2.48. The van der Waals surface area contributed by atoms with E-state index in [1.165, 1.54) is 30.4 Å². The maximum atomic E-state index is 12.4. The fourth-order valence-electron chi connectivity index (χ4n) is 3.23. The van der Waals surface area contributed by atoms with Gasteiger partial charge in [-0.1, -0.05) is 40.2 Å². The minimum atomic E-state index is 0.171. The molecule has 2 aliphatic carbocycles. The van der Waals surface area contributed by atoms with Crippen LogP contribution >= 0.6 is 15.9 Å². The highest BCUT2D eigenvalue weighted by molar-refractivity contribution is 9.09. The molecule has 0 aliphatic heterocycles. The molecular weight excluding hydrogens is 314 g/mol. The maximum Gasteiger partial charge on any atom is 0.223 e. The summed E-state index contributed by atoms with van der Waals surface area (Å²) in [5.41, 5.74) is 3.20. The molecule has 0 heterocycles. The third kappa shape index (κ3) is 3.08. The van der Waals surface area contributed by atoms with Crippen molar-refractivity contribution in [1.82, 2.24) is 5.32 Å². The molecule has 1 saturated carbocycles. The Bertz CT molecular complexity index is 496. The van der Waals surface area contributed by atoms with Gasteiger partial charge in [-0.2, -0.15) is 0 Å². The van der Waals surface area contributed by atoms with E-state index < -0.39 is 0 Å². The average Bonchev–Trinajstić information content (AvgIpc) is 3.25. The van der Waals surface area contributed by atoms with Gasteiger partial charge in [-0.05, 0) is 55.1 Å². The van der Waals surface area contributed by atoms with Crippen molar-refractivity contribution in [3.63, 3.8) is 0 Å². The fourth-order valence-corrected chi connectivity index (χ4v) is 4.07. The summed E-state index contributed by atoms with van der Waals surface area (Å²) < 4.78 is 0. The molecule has 1 aromatic carbocycles. The summed E-state index contributed by atoms with van der Waals surface area (Å²) in [6, 6.07) is 8.53. The lowest BCUT2D eigenvalue weighted by Gasteiger charge is -2.25. The van der Waals surface area contributed by atoms with Gasteiger partial charge in [-0.25, -0.2) is 0 Å². The molecule has 1 N–H and O–H groups in total. The normalized spacial score (nSPS) is 22.9. The first-order valence-corrected chi connectivity index (χ1v) is 8.75. The summed E-state index contributed by atoms with van der Waals surface area (Å²) in [5.74, 6) is 0.435. The summed E-state index contributed by atoms with van der Waals surface area (Å²) in [5, 5.41) is 4.25. The van der Waals surface area contributed by atoms with Gasteiger partial charge in [-0.3, -0.25) is 4.79 Å². The summed E-state index contributed by atoms with van der Waals surface area (Å²) in [6.45, 7) is 0.871. The van der Waals surface area contributed by atoms with Crippen molar-refractivity contribution >= 4 is 21.8 Å². The SMILES string of the molecule is O=C(NCC1(CCBr)CC1)C1CCc2ccccc2C1. The van der Waals surface area contributed by atoms with E-state index in [1.54, 1.807) is 0 Å². The number of halogens is 1. The Balaban J connectivity index is 1.54. The van der Waals surface area contributed by atoms with Crippen LogP contribution < -0.4 is 5.32 Å². The van der Waals surface area contributed by atoms with Gasteiger partial charge >= 0.3 is 0 Å². The lowest BCUT2D eigenvalue weighted by Crippen LogP contribution is -2.37. The van der Waals surface area contributed by atoms with Crippen LogP contribution in [0.25, 0.3) is 0 Å². The zero-order valence-electron chi connectivity index (χ0n) is 11.8. The Morgan fingerprint density at radius 2 is 2.05 bits per heavy atom. The molecule has 0 radical (unpaired) electrons. The standard InChI is InChI=1S/C17H22BrNO/c18-10-9-17(7-8-17)12-19-16(20)15-6-5-13-3-1-2-4-14(13)11-15/h1-4,15H,5-12H2,(H,19,20). The number of benzene rings is 1. The van der Waals surface area contributed by atoms with E-state index in [2.05, 4.69) is 45.5 Å². The first kappa shape index (κ1) is 14.1. The van der Waals surface area contributed by atoms with Gasteiger partial charge in [0.1, 0.15) is 0 Å². The third-order valence-corrected chi connectivity index (χ3v) is 5.33. The predicted molar refractivity (Wildman–Crippen MR) is 85.0 cm³/mol. The molecule has 1 aromatic rings. The Kier molecular flexibility index (Phi) is 4.16. The number of nitrogens with one attached hydrogen (secondary N) is 1. The molecule has 108 valence electrons. The molecule has 1 unspecified atom stereocenters. The van der Waals surface area contributed by atoms with Crippen LogP contribution in [0.2, 0.25) is 0 Å². The monoisotopic (exact) mass is 335 g/mol. The lowest BCUT2D eigenvalue weighted by atomic mass is 9.83. The first-order chi connectivity index (χ1) is 9.72. The molecule has 2 nitrogen and oxygen atoms in total. The quantitative estimate of drug-likeness (QED) is 0.820. The van der Waals surface area contributed by atoms with Gasteiger partial charge in [0.25, 0.3) is 0 Å². The van der Waals surface area contributed by atoms with E-state index >= 15 is 0 Å². The number of carbonyl (C=O) groups is 1. The van der Waals surface area contributed by atoms with E-state index in [0.29, 0.717) is 5.41 Å². The van der Waals surface area contributed by atoms with Crippen LogP contribution in [0.4, 0.5) is 0 Å². The molecule has 0 aromatic heterocycles. The number of hydrogen-bond acceptors (Lipinski definition) is 1. The first-order valence-electron chi connectivity index (χ1n) is 7.63. The van der Waals surface area contributed by atoms with Gasteiger partial charge < -0.3 is 5.32 Å². The molecule has 0 spiro atoms. The molecule has 0 bridgehead atoms. The minimum absolute atomic E-state index is 0.171. The Hall–Kier alpha value is -0.830. The molecule has 20 heavy (non-hydrogen) atoms. The van der Waals surface area contributed by atoms with E-state index in [1.807, 2.05) is 0 Å². The summed E-state index contributed by atoms with van der Waals surface area (Å²) in [6.07, 6.45) is 6.67. The second-order valence-corrected chi connectivity index (χ2v) is 7.16. The largest absolute Gasteiger partial charge is 0.355 e. The second-order valence-electron chi connectivity index (χ2n) is 6.37. The van der Waals surface area contributed by atoms with E-state index in [9.17, 15) is 4.79 Å². The lowest BCUT2D eigenvalue weighted by molar-refractivity contribution is -0.125. The van der Waals surface area contributed by atoms with Crippen LogP contribution in [0.5, 0.6) is 0 Å². The molecule has 2 aliphatic rings. The van der Waals surface area contributed by atoms with Gasteiger partial charge in [0.15, 0.2) is 0 Å². The van der Waals surface area contributed by atoms with Crippen LogP contribution in [-0.4, -0.2) is 17.8 Å². The van der Waals surface area contributed by atoms with E-state index in [4.69, 9.17) is 0 Å². The molecule has 3 heteroatoms. The van der Waals surface area contributed by atoms with Crippen molar-refractivity contribution in [2.45, 2.75) is 38.5 Å². The topological polar surface area (TPSA) is 29.1 Å². The highest BCUT2D eigenvalue weighted by atomic mass is 79.9. The van der Waals surface area contributed by atoms with Crippen LogP contribution in [0.15, 0.2) is 24.3 Å². The van der Waals surface area contributed by atoms with E-state index in [0.717, 1.165) is 31.1 Å². The van der Waals surface area contributed by atoms with Gasteiger partial charge in [0, 0.05) is 17.8 Å².